The normalized spacial score (nSPS) is 14.1. The van der Waals surface area contributed by atoms with E-state index < -0.39 is 17.8 Å². The fraction of sp³-hybridized carbons (Fsp3) is 0.200. The average molecular weight is 243 g/mol. The lowest BCUT2D eigenvalue weighted by Gasteiger charge is -2.18. The highest BCUT2D eigenvalue weighted by atomic mass is 19.3. The van der Waals surface area contributed by atoms with Gasteiger partial charge in [0, 0.05) is 6.07 Å². The molecule has 7 heteroatoms. The van der Waals surface area contributed by atoms with Gasteiger partial charge in [-0.15, -0.1) is 0 Å². The van der Waals surface area contributed by atoms with Gasteiger partial charge in [-0.05, 0) is 12.1 Å². The maximum atomic E-state index is 12.7. The molecule has 0 atom stereocenters. The Bertz CT molecular complexity index is 497. The standard InChI is InChI=1S/C10H6F2O5/c11-10(12,9(14)15)17-5-1-2-6-7(13)4-16-8(6)3-5/h1-3H,4H2,(H,14,15)/p-1. The molecule has 0 aromatic heterocycles. The van der Waals surface area contributed by atoms with E-state index in [1.54, 1.807) is 0 Å². The quantitative estimate of drug-likeness (QED) is 0.745. The van der Waals surface area contributed by atoms with E-state index >= 15 is 0 Å². The minimum absolute atomic E-state index is 0.0849. The zero-order chi connectivity index (χ0) is 12.6. The summed E-state index contributed by atoms with van der Waals surface area (Å²) in [6, 6.07) is 3.31. The van der Waals surface area contributed by atoms with Gasteiger partial charge < -0.3 is 19.4 Å². The van der Waals surface area contributed by atoms with Crippen LogP contribution in [0.5, 0.6) is 11.5 Å². The fourth-order valence-corrected chi connectivity index (χ4v) is 1.33. The average Bonchev–Trinajstić information content (AvgIpc) is 2.59. The van der Waals surface area contributed by atoms with Gasteiger partial charge in [0.2, 0.25) is 5.78 Å². The van der Waals surface area contributed by atoms with E-state index in [1.165, 1.54) is 6.07 Å². The van der Waals surface area contributed by atoms with E-state index in [1.807, 2.05) is 0 Å². The number of ketones is 1. The van der Waals surface area contributed by atoms with Gasteiger partial charge in [-0.25, -0.2) is 0 Å². The first kappa shape index (κ1) is 11.3. The number of aliphatic carboxylic acids is 1. The summed E-state index contributed by atoms with van der Waals surface area (Å²) in [6.07, 6.45) is -4.43. The number of benzene rings is 1. The van der Waals surface area contributed by atoms with Crippen LogP contribution in [0.3, 0.4) is 0 Å². The SMILES string of the molecule is O=C1COc2cc(OC(F)(F)C(=O)[O-])ccc21. The van der Waals surface area contributed by atoms with E-state index in [0.717, 1.165) is 12.1 Å². The molecule has 1 aromatic rings. The number of hydrogen-bond acceptors (Lipinski definition) is 5. The van der Waals surface area contributed by atoms with E-state index in [9.17, 15) is 23.5 Å². The summed E-state index contributed by atoms with van der Waals surface area (Å²) >= 11 is 0. The summed E-state index contributed by atoms with van der Waals surface area (Å²) in [7, 11) is 0. The van der Waals surface area contributed by atoms with Crippen molar-refractivity contribution in [2.24, 2.45) is 0 Å². The van der Waals surface area contributed by atoms with Crippen LogP contribution < -0.4 is 14.6 Å². The molecule has 0 radical (unpaired) electrons. The molecule has 0 N–H and O–H groups in total. The number of Topliss-reactive ketones (excluding diaryl/α,β-unsaturated/α-hetero) is 1. The van der Waals surface area contributed by atoms with Crippen molar-refractivity contribution in [1.82, 2.24) is 0 Å². The predicted octanol–water partition coefficient (Wildman–Crippen LogP) is -0.0168. The van der Waals surface area contributed by atoms with Crippen molar-refractivity contribution in [2.45, 2.75) is 6.11 Å². The lowest BCUT2D eigenvalue weighted by molar-refractivity contribution is -0.350. The van der Waals surface area contributed by atoms with Crippen LogP contribution in [0, 0.1) is 0 Å². The number of halogens is 2. The molecular weight excluding hydrogens is 238 g/mol. The van der Waals surface area contributed by atoms with Crippen molar-refractivity contribution in [1.29, 1.82) is 0 Å². The summed E-state index contributed by atoms with van der Waals surface area (Å²) in [4.78, 5) is 21.2. The van der Waals surface area contributed by atoms with Crippen molar-refractivity contribution < 1.29 is 33.0 Å². The highest BCUT2D eigenvalue weighted by Crippen LogP contribution is 2.31. The van der Waals surface area contributed by atoms with Gasteiger partial charge in [0.25, 0.3) is 0 Å². The van der Waals surface area contributed by atoms with Gasteiger partial charge in [0.1, 0.15) is 11.5 Å². The molecule has 90 valence electrons. The summed E-state index contributed by atoms with van der Waals surface area (Å²) in [5.41, 5.74) is 0.245. The molecule has 0 bridgehead atoms. The minimum Gasteiger partial charge on any atom is -0.541 e. The topological polar surface area (TPSA) is 75.7 Å². The first-order valence-corrected chi connectivity index (χ1v) is 4.48. The zero-order valence-corrected chi connectivity index (χ0v) is 8.24. The van der Waals surface area contributed by atoms with Gasteiger partial charge >= 0.3 is 6.11 Å². The van der Waals surface area contributed by atoms with Crippen molar-refractivity contribution in [2.75, 3.05) is 6.61 Å². The monoisotopic (exact) mass is 243 g/mol. The lowest BCUT2D eigenvalue weighted by Crippen LogP contribution is -2.45. The van der Waals surface area contributed by atoms with Crippen molar-refractivity contribution >= 4 is 11.8 Å². The second kappa shape index (κ2) is 3.69. The molecule has 2 rings (SSSR count). The van der Waals surface area contributed by atoms with Gasteiger partial charge in [-0.2, -0.15) is 8.78 Å². The lowest BCUT2D eigenvalue weighted by atomic mass is 10.1. The van der Waals surface area contributed by atoms with E-state index in [2.05, 4.69) is 4.74 Å². The number of alkyl halides is 2. The Labute approximate surface area is 93.6 Å². The Morgan fingerprint density at radius 3 is 2.82 bits per heavy atom. The molecule has 1 aliphatic rings. The number of carbonyl (C=O) groups is 2. The number of hydrogen-bond donors (Lipinski definition) is 0. The van der Waals surface area contributed by atoms with Gasteiger partial charge in [-0.3, -0.25) is 4.79 Å². The van der Waals surface area contributed by atoms with Crippen LogP contribution in [0.2, 0.25) is 0 Å². The molecule has 17 heavy (non-hydrogen) atoms. The van der Waals surface area contributed by atoms with Crippen LogP contribution in [0.1, 0.15) is 10.4 Å². The van der Waals surface area contributed by atoms with E-state index in [0.29, 0.717) is 0 Å². The second-order valence-electron chi connectivity index (χ2n) is 3.28. The van der Waals surface area contributed by atoms with Crippen molar-refractivity contribution in [3.63, 3.8) is 0 Å². The maximum Gasteiger partial charge on any atom is 0.441 e. The molecular formula is C10H5F2O5-. The van der Waals surface area contributed by atoms with E-state index in [4.69, 9.17) is 4.74 Å². The molecule has 0 aliphatic carbocycles. The third-order valence-electron chi connectivity index (χ3n) is 2.10. The highest BCUT2D eigenvalue weighted by Gasteiger charge is 2.34. The Balaban J connectivity index is 2.25. The molecule has 0 unspecified atom stereocenters. The third-order valence-corrected chi connectivity index (χ3v) is 2.10. The van der Waals surface area contributed by atoms with Crippen molar-refractivity contribution in [3.8, 4) is 11.5 Å². The molecule has 0 saturated carbocycles. The Morgan fingerprint density at radius 1 is 1.47 bits per heavy atom. The summed E-state index contributed by atoms with van der Waals surface area (Å²) in [5, 5.41) is 10.0. The van der Waals surface area contributed by atoms with Crippen LogP contribution in [-0.2, 0) is 4.79 Å². The number of carboxylic acids is 1. The smallest absolute Gasteiger partial charge is 0.441 e. The minimum atomic E-state index is -4.43. The zero-order valence-electron chi connectivity index (χ0n) is 8.24. The van der Waals surface area contributed by atoms with Crippen molar-refractivity contribution in [3.05, 3.63) is 23.8 Å². The first-order valence-electron chi connectivity index (χ1n) is 4.48. The summed E-state index contributed by atoms with van der Waals surface area (Å²) in [6.45, 7) is -0.171. The number of carbonyl (C=O) groups excluding carboxylic acids is 2. The molecule has 0 saturated heterocycles. The molecule has 1 aromatic carbocycles. The van der Waals surface area contributed by atoms with Crippen LogP contribution in [-0.4, -0.2) is 24.5 Å². The number of fused-ring (bicyclic) bond motifs is 1. The molecule has 0 spiro atoms. The van der Waals surface area contributed by atoms with Crippen LogP contribution >= 0.6 is 0 Å². The van der Waals surface area contributed by atoms with Gasteiger partial charge in [-0.1, -0.05) is 0 Å². The number of rotatable bonds is 3. The van der Waals surface area contributed by atoms with Gasteiger partial charge in [0.15, 0.2) is 12.6 Å². The molecule has 5 nitrogen and oxygen atoms in total. The van der Waals surface area contributed by atoms with Crippen LogP contribution in [0.4, 0.5) is 8.78 Å². The molecule has 0 amide bonds. The largest absolute Gasteiger partial charge is 0.541 e. The van der Waals surface area contributed by atoms with Crippen LogP contribution in [0.25, 0.3) is 0 Å². The second-order valence-corrected chi connectivity index (χ2v) is 3.28. The number of carboxylic acid groups (broad SMARTS) is 1. The summed E-state index contributed by atoms with van der Waals surface area (Å²) in [5.74, 6) is -3.26. The van der Waals surface area contributed by atoms with E-state index in [-0.39, 0.29) is 23.7 Å². The van der Waals surface area contributed by atoms with Gasteiger partial charge in [0.05, 0.1) is 5.56 Å². The molecule has 1 heterocycles. The molecule has 0 fully saturated rings. The summed E-state index contributed by atoms with van der Waals surface area (Å²) < 4.78 is 34.2. The predicted molar refractivity (Wildman–Crippen MR) is 46.8 cm³/mol. The number of ether oxygens (including phenoxy) is 2. The van der Waals surface area contributed by atoms with Crippen LogP contribution in [0.15, 0.2) is 18.2 Å². The fourth-order valence-electron chi connectivity index (χ4n) is 1.33. The molecule has 1 aliphatic heterocycles. The maximum absolute atomic E-state index is 12.7. The Morgan fingerprint density at radius 2 is 2.18 bits per heavy atom. The Kier molecular flexibility index (Phi) is 2.45. The third kappa shape index (κ3) is 2.03. The first-order chi connectivity index (χ1) is 7.90. The highest BCUT2D eigenvalue weighted by molar-refractivity contribution is 6.02. The Hall–Kier alpha value is -2.18.